The SMILES string of the molecule is O=C(O)N1C=C2COc3ccccc3C2N1. The van der Waals surface area contributed by atoms with Gasteiger partial charge in [0.05, 0.1) is 6.04 Å². The fourth-order valence-electron chi connectivity index (χ4n) is 2.01. The molecule has 0 saturated heterocycles. The van der Waals surface area contributed by atoms with Crippen molar-refractivity contribution in [3.63, 3.8) is 0 Å². The van der Waals surface area contributed by atoms with Crippen LogP contribution in [-0.2, 0) is 0 Å². The molecule has 1 amide bonds. The van der Waals surface area contributed by atoms with Crippen LogP contribution < -0.4 is 10.2 Å². The van der Waals surface area contributed by atoms with Crippen LogP contribution in [0.5, 0.6) is 5.75 Å². The number of nitrogens with one attached hydrogen (secondary N) is 1. The molecule has 2 aliphatic heterocycles. The Morgan fingerprint density at radius 2 is 2.31 bits per heavy atom. The van der Waals surface area contributed by atoms with Gasteiger partial charge in [0, 0.05) is 17.3 Å². The second-order valence-corrected chi connectivity index (χ2v) is 3.75. The van der Waals surface area contributed by atoms with Gasteiger partial charge in [-0.2, -0.15) is 0 Å². The van der Waals surface area contributed by atoms with Crippen molar-refractivity contribution in [2.75, 3.05) is 6.61 Å². The van der Waals surface area contributed by atoms with Gasteiger partial charge in [0.1, 0.15) is 12.4 Å². The Balaban J connectivity index is 1.99. The third kappa shape index (κ3) is 1.25. The van der Waals surface area contributed by atoms with Crippen LogP contribution in [0.25, 0.3) is 0 Å². The summed E-state index contributed by atoms with van der Waals surface area (Å²) in [4.78, 5) is 10.8. The molecule has 1 unspecified atom stereocenters. The molecule has 0 fully saturated rings. The van der Waals surface area contributed by atoms with Crippen molar-refractivity contribution in [3.8, 4) is 5.75 Å². The zero-order valence-corrected chi connectivity index (χ0v) is 8.38. The number of carboxylic acid groups (broad SMARTS) is 1. The van der Waals surface area contributed by atoms with Crippen molar-refractivity contribution in [2.24, 2.45) is 0 Å². The van der Waals surface area contributed by atoms with Gasteiger partial charge in [0.2, 0.25) is 0 Å². The molecule has 3 rings (SSSR count). The molecule has 1 aromatic rings. The van der Waals surface area contributed by atoms with Gasteiger partial charge < -0.3 is 9.84 Å². The average molecular weight is 218 g/mol. The lowest BCUT2D eigenvalue weighted by Gasteiger charge is -2.25. The summed E-state index contributed by atoms with van der Waals surface area (Å²) in [6, 6.07) is 7.55. The van der Waals surface area contributed by atoms with Gasteiger partial charge >= 0.3 is 6.09 Å². The topological polar surface area (TPSA) is 61.8 Å². The minimum Gasteiger partial charge on any atom is -0.489 e. The second-order valence-electron chi connectivity index (χ2n) is 3.75. The number of para-hydroxylation sites is 1. The molecular weight excluding hydrogens is 208 g/mol. The van der Waals surface area contributed by atoms with E-state index in [-0.39, 0.29) is 6.04 Å². The molecule has 1 atom stereocenters. The smallest absolute Gasteiger partial charge is 0.426 e. The highest BCUT2D eigenvalue weighted by molar-refractivity contribution is 5.67. The summed E-state index contributed by atoms with van der Waals surface area (Å²) in [6.07, 6.45) is 0.558. The number of carbonyl (C=O) groups is 1. The number of hydrogen-bond acceptors (Lipinski definition) is 3. The molecule has 2 N–H and O–H groups in total. The maximum Gasteiger partial charge on any atom is 0.426 e. The van der Waals surface area contributed by atoms with Gasteiger partial charge in [0.15, 0.2) is 0 Å². The van der Waals surface area contributed by atoms with Gasteiger partial charge in [-0.15, -0.1) is 0 Å². The van der Waals surface area contributed by atoms with Crippen LogP contribution in [0.1, 0.15) is 11.6 Å². The summed E-state index contributed by atoms with van der Waals surface area (Å²) < 4.78 is 5.54. The Labute approximate surface area is 91.9 Å². The van der Waals surface area contributed by atoms with Crippen LogP contribution in [0.15, 0.2) is 36.0 Å². The van der Waals surface area contributed by atoms with Crippen LogP contribution in [0.3, 0.4) is 0 Å². The van der Waals surface area contributed by atoms with E-state index in [1.165, 1.54) is 0 Å². The van der Waals surface area contributed by atoms with Crippen molar-refractivity contribution < 1.29 is 14.6 Å². The Hall–Kier alpha value is -2.01. The Morgan fingerprint density at radius 3 is 3.12 bits per heavy atom. The van der Waals surface area contributed by atoms with Crippen LogP contribution in [-0.4, -0.2) is 22.8 Å². The van der Waals surface area contributed by atoms with Gasteiger partial charge in [-0.3, -0.25) is 0 Å². The molecule has 16 heavy (non-hydrogen) atoms. The third-order valence-electron chi connectivity index (χ3n) is 2.76. The quantitative estimate of drug-likeness (QED) is 0.692. The van der Waals surface area contributed by atoms with Crippen molar-refractivity contribution in [3.05, 3.63) is 41.6 Å². The minimum atomic E-state index is -1.01. The van der Waals surface area contributed by atoms with E-state index >= 15 is 0 Å². The highest BCUT2D eigenvalue weighted by Crippen LogP contribution is 2.37. The molecular formula is C11H10N2O3. The summed E-state index contributed by atoms with van der Waals surface area (Å²) in [7, 11) is 0. The van der Waals surface area contributed by atoms with Crippen LogP contribution >= 0.6 is 0 Å². The van der Waals surface area contributed by atoms with E-state index in [2.05, 4.69) is 5.43 Å². The van der Waals surface area contributed by atoms with Crippen molar-refractivity contribution in [1.82, 2.24) is 10.4 Å². The number of ether oxygens (including phenoxy) is 1. The van der Waals surface area contributed by atoms with Crippen molar-refractivity contribution >= 4 is 6.09 Å². The van der Waals surface area contributed by atoms with Crippen LogP contribution in [0.2, 0.25) is 0 Å². The maximum atomic E-state index is 10.8. The molecule has 1 aromatic carbocycles. The Morgan fingerprint density at radius 1 is 1.50 bits per heavy atom. The number of fused-ring (bicyclic) bond motifs is 3. The fourth-order valence-corrected chi connectivity index (χ4v) is 2.01. The summed E-state index contributed by atoms with van der Waals surface area (Å²) in [5.41, 5.74) is 4.82. The molecule has 82 valence electrons. The lowest BCUT2D eigenvalue weighted by molar-refractivity contribution is 0.145. The van der Waals surface area contributed by atoms with E-state index in [9.17, 15) is 4.79 Å². The molecule has 5 heteroatoms. The number of amides is 1. The average Bonchev–Trinajstić information content (AvgIpc) is 2.73. The molecule has 0 radical (unpaired) electrons. The number of benzene rings is 1. The highest BCUT2D eigenvalue weighted by atomic mass is 16.5. The standard InChI is InChI=1S/C11H10N2O3/c14-11(15)13-5-7-6-16-9-4-2-1-3-8(9)10(7)12-13/h1-5,10,12H,6H2,(H,14,15). The van der Waals surface area contributed by atoms with Gasteiger partial charge in [-0.1, -0.05) is 18.2 Å². The van der Waals surface area contributed by atoms with E-state index in [0.29, 0.717) is 6.61 Å². The molecule has 5 nitrogen and oxygen atoms in total. The number of rotatable bonds is 0. The van der Waals surface area contributed by atoms with Crippen LogP contribution in [0.4, 0.5) is 4.79 Å². The summed E-state index contributed by atoms with van der Waals surface area (Å²) in [5, 5.41) is 9.96. The Kier molecular flexibility index (Phi) is 1.87. The van der Waals surface area contributed by atoms with Gasteiger partial charge in [-0.25, -0.2) is 15.2 Å². The first-order valence-corrected chi connectivity index (χ1v) is 4.96. The number of nitrogens with zero attached hydrogens (tertiary/aromatic N) is 1. The minimum absolute atomic E-state index is 0.0824. The second kappa shape index (κ2) is 3.24. The normalized spacial score (nSPS) is 21.9. The third-order valence-corrected chi connectivity index (χ3v) is 2.76. The highest BCUT2D eigenvalue weighted by Gasteiger charge is 2.33. The van der Waals surface area contributed by atoms with E-state index in [1.807, 2.05) is 24.3 Å². The van der Waals surface area contributed by atoms with E-state index in [0.717, 1.165) is 21.9 Å². The lowest BCUT2D eigenvalue weighted by atomic mass is 9.98. The predicted molar refractivity (Wildman–Crippen MR) is 55.8 cm³/mol. The first-order chi connectivity index (χ1) is 7.75. The monoisotopic (exact) mass is 218 g/mol. The summed E-state index contributed by atoms with van der Waals surface area (Å²) in [5.74, 6) is 0.810. The fraction of sp³-hybridized carbons (Fsp3) is 0.182. The van der Waals surface area contributed by atoms with Gasteiger partial charge in [0.25, 0.3) is 0 Å². The van der Waals surface area contributed by atoms with Crippen LogP contribution in [0, 0.1) is 0 Å². The molecule has 0 aliphatic carbocycles. The molecule has 0 aromatic heterocycles. The zero-order chi connectivity index (χ0) is 11.1. The first-order valence-electron chi connectivity index (χ1n) is 4.96. The molecule has 2 aliphatic rings. The van der Waals surface area contributed by atoms with Gasteiger partial charge in [-0.05, 0) is 6.07 Å². The summed E-state index contributed by atoms with van der Waals surface area (Å²) in [6.45, 7) is 0.429. The largest absolute Gasteiger partial charge is 0.489 e. The number of hydrazine groups is 1. The molecule has 0 spiro atoms. The number of hydrogen-bond donors (Lipinski definition) is 2. The predicted octanol–water partition coefficient (Wildman–Crippen LogP) is 1.50. The Bertz CT molecular complexity index is 484. The summed E-state index contributed by atoms with van der Waals surface area (Å²) >= 11 is 0. The van der Waals surface area contributed by atoms with E-state index in [4.69, 9.17) is 9.84 Å². The molecule has 0 bridgehead atoms. The van der Waals surface area contributed by atoms with Crippen molar-refractivity contribution in [1.29, 1.82) is 0 Å². The maximum absolute atomic E-state index is 10.8. The molecule has 0 saturated carbocycles. The first kappa shape index (κ1) is 9.23. The molecule has 2 heterocycles. The zero-order valence-electron chi connectivity index (χ0n) is 8.38. The lowest BCUT2D eigenvalue weighted by Crippen LogP contribution is -2.36. The van der Waals surface area contributed by atoms with E-state index in [1.54, 1.807) is 6.20 Å². The van der Waals surface area contributed by atoms with E-state index < -0.39 is 6.09 Å². The van der Waals surface area contributed by atoms with Crippen molar-refractivity contribution in [2.45, 2.75) is 6.04 Å².